The molecule has 2 rings (SSSR count). The highest BCUT2D eigenvalue weighted by atomic mass is 32.2. The summed E-state index contributed by atoms with van der Waals surface area (Å²) < 4.78 is 36.7. The number of aryl methyl sites for hydroxylation is 1. The van der Waals surface area contributed by atoms with E-state index in [1.54, 1.807) is 25.1 Å². The molecule has 0 aliphatic carbocycles. The van der Waals surface area contributed by atoms with Crippen LogP contribution in [0.4, 0.5) is 4.39 Å². The molecule has 0 spiro atoms. The Balaban J connectivity index is 2.28. The molecule has 0 aliphatic rings. The van der Waals surface area contributed by atoms with E-state index in [0.717, 1.165) is 0 Å². The molecule has 2 aromatic carbocycles. The number of rotatable bonds is 4. The van der Waals surface area contributed by atoms with E-state index in [0.29, 0.717) is 11.1 Å². The van der Waals surface area contributed by atoms with Gasteiger partial charge in [0.05, 0.1) is 4.90 Å². The number of hydrogen-bond donors (Lipinski definition) is 1. The molecule has 0 unspecified atom stereocenters. The maximum absolute atomic E-state index is 13.7. The Morgan fingerprint density at radius 1 is 1.22 bits per heavy atom. The van der Waals surface area contributed by atoms with Crippen LogP contribution < -0.4 is 5.14 Å². The lowest BCUT2D eigenvalue weighted by molar-refractivity contribution is 0.0783. The summed E-state index contributed by atoms with van der Waals surface area (Å²) in [6.45, 7) is 1.67. The summed E-state index contributed by atoms with van der Waals surface area (Å²) in [5.74, 6) is -0.820. The van der Waals surface area contributed by atoms with Crippen molar-refractivity contribution in [3.63, 3.8) is 0 Å². The molecular formula is C16H17FN2O3S. The van der Waals surface area contributed by atoms with Crippen LogP contribution in [0.1, 0.15) is 21.5 Å². The minimum atomic E-state index is -3.91. The zero-order chi connectivity index (χ0) is 17.2. The Morgan fingerprint density at radius 2 is 1.87 bits per heavy atom. The number of halogens is 1. The lowest BCUT2D eigenvalue weighted by Crippen LogP contribution is -2.27. The van der Waals surface area contributed by atoms with Gasteiger partial charge < -0.3 is 4.90 Å². The molecule has 2 N–H and O–H groups in total. The van der Waals surface area contributed by atoms with Crippen LogP contribution in [-0.4, -0.2) is 26.3 Å². The summed E-state index contributed by atoms with van der Waals surface area (Å²) in [7, 11) is -2.39. The fourth-order valence-corrected chi connectivity index (χ4v) is 3.02. The van der Waals surface area contributed by atoms with Crippen LogP contribution in [0.2, 0.25) is 0 Å². The number of nitrogens with two attached hydrogens (primary N) is 1. The molecule has 23 heavy (non-hydrogen) atoms. The highest BCUT2D eigenvalue weighted by molar-refractivity contribution is 7.89. The Morgan fingerprint density at radius 3 is 2.48 bits per heavy atom. The van der Waals surface area contributed by atoms with E-state index in [4.69, 9.17) is 5.14 Å². The van der Waals surface area contributed by atoms with Crippen molar-refractivity contribution in [2.45, 2.75) is 18.4 Å². The summed E-state index contributed by atoms with van der Waals surface area (Å²) in [6.07, 6.45) is 0. The van der Waals surface area contributed by atoms with Crippen molar-refractivity contribution in [1.82, 2.24) is 4.90 Å². The number of amides is 1. The van der Waals surface area contributed by atoms with Crippen LogP contribution in [-0.2, 0) is 16.6 Å². The van der Waals surface area contributed by atoms with Crippen molar-refractivity contribution in [2.24, 2.45) is 5.14 Å². The highest BCUT2D eigenvalue weighted by Crippen LogP contribution is 2.18. The molecule has 0 fully saturated rings. The first-order chi connectivity index (χ1) is 10.7. The number of primary sulfonamides is 1. The maximum atomic E-state index is 13.7. The van der Waals surface area contributed by atoms with Gasteiger partial charge in [0.15, 0.2) is 0 Å². The predicted molar refractivity (Wildman–Crippen MR) is 84.7 cm³/mol. The summed E-state index contributed by atoms with van der Waals surface area (Å²) in [6, 6.07) is 10.4. The number of carbonyl (C=O) groups is 1. The van der Waals surface area contributed by atoms with E-state index >= 15 is 0 Å². The summed E-state index contributed by atoms with van der Waals surface area (Å²) in [5, 5.41) is 5.14. The lowest BCUT2D eigenvalue weighted by atomic mass is 10.1. The summed E-state index contributed by atoms with van der Waals surface area (Å²) in [4.78, 5) is 13.6. The SMILES string of the molecule is Cc1ccc(C(=O)N(C)Cc2ccccc2F)cc1S(N)(=O)=O. The topological polar surface area (TPSA) is 80.5 Å². The fourth-order valence-electron chi connectivity index (χ4n) is 2.21. The molecule has 1 amide bonds. The van der Waals surface area contributed by atoms with Gasteiger partial charge in [-0.15, -0.1) is 0 Å². The van der Waals surface area contributed by atoms with Gasteiger partial charge in [-0.05, 0) is 30.7 Å². The third-order valence-electron chi connectivity index (χ3n) is 3.45. The lowest BCUT2D eigenvalue weighted by Gasteiger charge is -2.18. The molecule has 5 nitrogen and oxygen atoms in total. The van der Waals surface area contributed by atoms with Crippen molar-refractivity contribution < 1.29 is 17.6 Å². The Bertz CT molecular complexity index is 850. The molecule has 0 aliphatic heterocycles. The first-order valence-electron chi connectivity index (χ1n) is 6.82. The average molecular weight is 336 g/mol. The molecule has 0 saturated heterocycles. The van der Waals surface area contributed by atoms with Crippen LogP contribution in [0.3, 0.4) is 0 Å². The van der Waals surface area contributed by atoms with E-state index in [1.165, 1.54) is 36.2 Å². The molecular weight excluding hydrogens is 319 g/mol. The largest absolute Gasteiger partial charge is 0.337 e. The predicted octanol–water partition coefficient (Wildman–Crippen LogP) is 2.05. The minimum Gasteiger partial charge on any atom is -0.337 e. The maximum Gasteiger partial charge on any atom is 0.253 e. The monoisotopic (exact) mass is 336 g/mol. The van der Waals surface area contributed by atoms with Crippen molar-refractivity contribution >= 4 is 15.9 Å². The normalized spacial score (nSPS) is 11.3. The van der Waals surface area contributed by atoms with Crippen molar-refractivity contribution in [1.29, 1.82) is 0 Å². The molecule has 122 valence electrons. The first kappa shape index (κ1) is 17.1. The number of benzene rings is 2. The van der Waals surface area contributed by atoms with Gasteiger partial charge >= 0.3 is 0 Å². The minimum absolute atomic E-state index is 0.0735. The molecule has 0 atom stereocenters. The van der Waals surface area contributed by atoms with Gasteiger partial charge in [-0.3, -0.25) is 4.79 Å². The molecule has 0 radical (unpaired) electrons. The van der Waals surface area contributed by atoms with E-state index < -0.39 is 21.7 Å². The van der Waals surface area contributed by atoms with E-state index in [1.807, 2.05) is 0 Å². The van der Waals surface area contributed by atoms with Crippen LogP contribution in [0.25, 0.3) is 0 Å². The zero-order valence-corrected chi connectivity index (χ0v) is 13.6. The molecule has 0 aromatic heterocycles. The van der Waals surface area contributed by atoms with Crippen molar-refractivity contribution in [3.8, 4) is 0 Å². The molecule has 2 aromatic rings. The summed E-state index contributed by atoms with van der Waals surface area (Å²) >= 11 is 0. The number of sulfonamides is 1. The quantitative estimate of drug-likeness (QED) is 0.928. The summed E-state index contributed by atoms with van der Waals surface area (Å²) in [5.41, 5.74) is 1.02. The van der Waals surface area contributed by atoms with Gasteiger partial charge in [-0.25, -0.2) is 17.9 Å². The molecule has 0 saturated carbocycles. The van der Waals surface area contributed by atoms with Crippen LogP contribution in [0, 0.1) is 12.7 Å². The smallest absolute Gasteiger partial charge is 0.253 e. The van der Waals surface area contributed by atoms with Gasteiger partial charge in [0.2, 0.25) is 10.0 Å². The number of hydrogen-bond acceptors (Lipinski definition) is 3. The van der Waals surface area contributed by atoms with Crippen LogP contribution >= 0.6 is 0 Å². The number of nitrogens with zero attached hydrogens (tertiary/aromatic N) is 1. The third kappa shape index (κ3) is 3.94. The highest BCUT2D eigenvalue weighted by Gasteiger charge is 2.18. The molecule has 0 heterocycles. The molecule has 7 heteroatoms. The second-order valence-corrected chi connectivity index (χ2v) is 6.81. The van der Waals surface area contributed by atoms with E-state index in [2.05, 4.69) is 0 Å². The fraction of sp³-hybridized carbons (Fsp3) is 0.188. The third-order valence-corrected chi connectivity index (χ3v) is 4.51. The Labute approximate surface area is 134 Å². The van der Waals surface area contributed by atoms with Crippen LogP contribution in [0.15, 0.2) is 47.4 Å². The molecule has 0 bridgehead atoms. The van der Waals surface area contributed by atoms with Crippen LogP contribution in [0.5, 0.6) is 0 Å². The van der Waals surface area contributed by atoms with Crippen molar-refractivity contribution in [3.05, 3.63) is 65.0 Å². The van der Waals surface area contributed by atoms with E-state index in [-0.39, 0.29) is 17.0 Å². The van der Waals surface area contributed by atoms with Gasteiger partial charge in [0.25, 0.3) is 5.91 Å². The second-order valence-electron chi connectivity index (χ2n) is 5.28. The van der Waals surface area contributed by atoms with E-state index in [9.17, 15) is 17.6 Å². The second kappa shape index (κ2) is 6.47. The van der Waals surface area contributed by atoms with Gasteiger partial charge in [0, 0.05) is 24.7 Å². The zero-order valence-electron chi connectivity index (χ0n) is 12.8. The van der Waals surface area contributed by atoms with Gasteiger partial charge in [-0.1, -0.05) is 24.3 Å². The van der Waals surface area contributed by atoms with Crippen molar-refractivity contribution in [2.75, 3.05) is 7.05 Å². The standard InChI is InChI=1S/C16H17FN2O3S/c1-11-7-8-12(9-15(11)23(18,21)22)16(20)19(2)10-13-5-3-4-6-14(13)17/h3-9H,10H2,1-2H3,(H2,18,21,22). The Hall–Kier alpha value is -2.25. The Kier molecular flexibility index (Phi) is 4.82. The first-order valence-corrected chi connectivity index (χ1v) is 8.37. The average Bonchev–Trinajstić information content (AvgIpc) is 2.48. The van der Waals surface area contributed by atoms with Gasteiger partial charge in [0.1, 0.15) is 5.82 Å². The van der Waals surface area contributed by atoms with Gasteiger partial charge in [-0.2, -0.15) is 0 Å². The number of carbonyl (C=O) groups excluding carboxylic acids is 1.